The third kappa shape index (κ3) is 8.76. The molecule has 3 saturated heterocycles. The molecule has 7 aliphatic carbocycles. The van der Waals surface area contributed by atoms with Gasteiger partial charge in [-0.25, -0.2) is 9.59 Å². The number of benzene rings is 1. The fourth-order valence-corrected chi connectivity index (χ4v) is 18.7. The van der Waals surface area contributed by atoms with E-state index < -0.39 is 107 Å². The molecule has 18 nitrogen and oxygen atoms in total. The van der Waals surface area contributed by atoms with Gasteiger partial charge in [0.25, 0.3) is 0 Å². The summed E-state index contributed by atoms with van der Waals surface area (Å²) >= 11 is 0. The molecule has 22 atom stereocenters. The van der Waals surface area contributed by atoms with Crippen LogP contribution >= 0.6 is 0 Å². The number of likely N-dealkylation sites (tertiary alicyclic amines) is 1. The molecule has 3 heterocycles. The van der Waals surface area contributed by atoms with Gasteiger partial charge in [0.05, 0.1) is 18.6 Å². The van der Waals surface area contributed by atoms with Crippen LogP contribution in [0.2, 0.25) is 0 Å². The van der Waals surface area contributed by atoms with E-state index in [1.807, 2.05) is 26.8 Å². The molecule has 434 valence electrons. The van der Waals surface area contributed by atoms with Gasteiger partial charge in [0.15, 0.2) is 30.6 Å². The average Bonchev–Trinajstić information content (AvgIpc) is 2.55. The van der Waals surface area contributed by atoms with Crippen molar-refractivity contribution >= 4 is 23.7 Å². The molecule has 1 aromatic carbocycles. The van der Waals surface area contributed by atoms with Crippen LogP contribution < -0.4 is 4.74 Å². The van der Waals surface area contributed by atoms with E-state index in [-0.39, 0.29) is 34.4 Å². The molecule has 1 aromatic rings. The maximum atomic E-state index is 14.8. The molecule has 78 heavy (non-hydrogen) atoms. The number of carboxylic acids is 3. The molecule has 10 aliphatic rings. The van der Waals surface area contributed by atoms with Crippen molar-refractivity contribution in [2.24, 2.45) is 56.2 Å². The number of fused-ring (bicyclic) bond motifs is 8. The minimum absolute atomic E-state index is 0.0217. The van der Waals surface area contributed by atoms with Crippen LogP contribution in [0, 0.1) is 56.2 Å². The number of hydrogen-bond acceptors (Lipinski definition) is 15. The van der Waals surface area contributed by atoms with Crippen molar-refractivity contribution in [2.45, 2.75) is 224 Å². The summed E-state index contributed by atoms with van der Waals surface area (Å²) in [5.41, 5.74) is 1.86. The Morgan fingerprint density at radius 1 is 0.718 bits per heavy atom. The van der Waals surface area contributed by atoms with E-state index in [9.17, 15) is 60.0 Å². The first kappa shape index (κ1) is 57.7. The second kappa shape index (κ2) is 20.1. The van der Waals surface area contributed by atoms with E-state index in [4.69, 9.17) is 23.7 Å². The van der Waals surface area contributed by atoms with Crippen LogP contribution in [0.5, 0.6) is 5.75 Å². The summed E-state index contributed by atoms with van der Waals surface area (Å²) in [7, 11) is 4.12. The standard InChI is InChI=1S/C42H62O16.C18H25NO/c1-37(2)21-8-11-42(7)31(20(43)16-18-19-17-39(4,36(53)54)13-12-38(19,3)14-15-41(18,42)6)40(21,5)10-9-22(37)55-35-30(26(47)25(46)29(57-35)33(51)52)58-34-27(48)23(44)24(45)28(56-34)32(49)50;1-19-10-9-18-8-4-3-5-15(18)17(19)11-13-6-7-14(20-2)12-16(13)18/h16,19,21-31,34-35,44-48H,8-15,17H2,1-7H3,(H,49,50)(H,51,52)(H,53,54);6-7,12,15,17H,3-5,8-11H2,1-2H3/t19-,21-,22-,23-,24-,25-,26-,27+,28-,29-,30+,31+,34-,35-,38+,39-,40-,41+,42+;15-,17+,18+/m01/s1. The summed E-state index contributed by atoms with van der Waals surface area (Å²) in [6, 6.07) is 7.60. The number of nitrogens with zero attached hydrogens (tertiary/aromatic N) is 1. The second-order valence-corrected chi connectivity index (χ2v) is 27.7. The van der Waals surface area contributed by atoms with Crippen molar-refractivity contribution in [1.82, 2.24) is 4.90 Å². The average molecular weight is 1090 g/mol. The Labute approximate surface area is 458 Å². The molecule has 8 N–H and O–H groups in total. The van der Waals surface area contributed by atoms with Gasteiger partial charge in [-0.3, -0.25) is 9.59 Å². The van der Waals surface area contributed by atoms with Crippen LogP contribution in [0.1, 0.15) is 149 Å². The van der Waals surface area contributed by atoms with Crippen LogP contribution in [0.15, 0.2) is 29.8 Å². The van der Waals surface area contributed by atoms with Crippen molar-refractivity contribution in [2.75, 3.05) is 20.7 Å². The Morgan fingerprint density at radius 3 is 2.05 bits per heavy atom. The Bertz CT molecular complexity index is 2550. The highest BCUT2D eigenvalue weighted by Crippen LogP contribution is 2.75. The minimum atomic E-state index is -2.05. The van der Waals surface area contributed by atoms with Crippen molar-refractivity contribution in [1.29, 1.82) is 0 Å². The molecule has 8 fully saturated rings. The molecule has 2 bridgehead atoms. The van der Waals surface area contributed by atoms with Gasteiger partial charge in [0.1, 0.15) is 42.4 Å². The molecule has 0 unspecified atom stereocenters. The van der Waals surface area contributed by atoms with Crippen molar-refractivity contribution < 1.29 is 83.7 Å². The molecular weight excluding hydrogens is 1010 g/mol. The van der Waals surface area contributed by atoms with Crippen LogP contribution in [0.4, 0.5) is 0 Å². The molecule has 11 rings (SSSR count). The van der Waals surface area contributed by atoms with Gasteiger partial charge in [-0.1, -0.05) is 66.0 Å². The zero-order valence-corrected chi connectivity index (χ0v) is 47.1. The van der Waals surface area contributed by atoms with E-state index >= 15 is 0 Å². The molecule has 0 aromatic heterocycles. The summed E-state index contributed by atoms with van der Waals surface area (Å²) in [6.45, 7) is 16.1. The summed E-state index contributed by atoms with van der Waals surface area (Å²) in [6.07, 6.45) is -4.02. The van der Waals surface area contributed by atoms with Crippen molar-refractivity contribution in [3.8, 4) is 5.75 Å². The number of likely N-dealkylation sites (N-methyl/N-ethyl adjacent to an activating group) is 1. The lowest BCUT2D eigenvalue weighted by atomic mass is 9.33. The van der Waals surface area contributed by atoms with Crippen LogP contribution in [0.25, 0.3) is 0 Å². The van der Waals surface area contributed by atoms with Gasteiger partial charge in [0.2, 0.25) is 0 Å². The quantitative estimate of drug-likeness (QED) is 0.147. The summed E-state index contributed by atoms with van der Waals surface area (Å²) < 4.78 is 28.9. The van der Waals surface area contributed by atoms with E-state index in [0.717, 1.165) is 55.4 Å². The molecule has 18 heteroatoms. The van der Waals surface area contributed by atoms with Gasteiger partial charge in [0, 0.05) is 17.4 Å². The largest absolute Gasteiger partial charge is 0.497 e. The molecule has 0 amide bonds. The fraction of sp³-hybridized carbons (Fsp3) is 0.800. The third-order valence-corrected chi connectivity index (χ3v) is 23.5. The summed E-state index contributed by atoms with van der Waals surface area (Å²) in [5, 5.41) is 83.0. The highest BCUT2D eigenvalue weighted by Gasteiger charge is 2.71. The number of aliphatic carboxylic acids is 3. The van der Waals surface area contributed by atoms with Gasteiger partial charge in [-0.05, 0) is 178 Å². The first-order valence-electron chi connectivity index (χ1n) is 28.9. The first-order valence-corrected chi connectivity index (χ1v) is 28.9. The number of methoxy groups -OCH3 is 1. The predicted octanol–water partition coefficient (Wildman–Crippen LogP) is 5.63. The predicted molar refractivity (Wildman–Crippen MR) is 281 cm³/mol. The Hall–Kier alpha value is -3.56. The summed E-state index contributed by atoms with van der Waals surface area (Å²) in [5.74, 6) is -2.56. The van der Waals surface area contributed by atoms with Gasteiger partial charge < -0.3 is 69.4 Å². The number of ketones is 1. The monoisotopic (exact) mass is 1090 g/mol. The normalized spacial score (nSPS) is 48.3. The lowest BCUT2D eigenvalue weighted by molar-refractivity contribution is -0.371. The maximum Gasteiger partial charge on any atom is 0.335 e. The molecule has 5 saturated carbocycles. The number of carboxylic acid groups (broad SMARTS) is 3. The van der Waals surface area contributed by atoms with Crippen LogP contribution in [0.3, 0.4) is 0 Å². The molecule has 0 radical (unpaired) electrons. The lowest BCUT2D eigenvalue weighted by Gasteiger charge is -2.70. The number of rotatable bonds is 8. The minimum Gasteiger partial charge on any atom is -0.497 e. The number of aliphatic hydroxyl groups excluding tert-OH is 5. The molecule has 0 spiro atoms. The Balaban J connectivity index is 0.000000284. The number of carbonyl (C=O) groups excluding carboxylic acids is 1. The van der Waals surface area contributed by atoms with Crippen molar-refractivity contribution in [3.05, 3.63) is 41.0 Å². The zero-order valence-electron chi connectivity index (χ0n) is 47.1. The van der Waals surface area contributed by atoms with Gasteiger partial charge in [-0.15, -0.1) is 0 Å². The van der Waals surface area contributed by atoms with Crippen LogP contribution in [-0.4, -0.2) is 164 Å². The fourth-order valence-electron chi connectivity index (χ4n) is 18.7. The number of aliphatic hydroxyl groups is 5. The summed E-state index contributed by atoms with van der Waals surface area (Å²) in [4.78, 5) is 53.9. The first-order chi connectivity index (χ1) is 36.5. The highest BCUT2D eigenvalue weighted by molar-refractivity contribution is 5.95. The van der Waals surface area contributed by atoms with Gasteiger partial charge >= 0.3 is 17.9 Å². The third-order valence-electron chi connectivity index (χ3n) is 23.5. The number of piperidine rings is 1. The number of ether oxygens (including phenoxy) is 5. The maximum absolute atomic E-state index is 14.8. The molecular formula is C60H87NO17. The topological polar surface area (TPSA) is 280 Å². The van der Waals surface area contributed by atoms with E-state index in [1.165, 1.54) is 45.1 Å². The number of hydrogen-bond donors (Lipinski definition) is 8. The van der Waals surface area contributed by atoms with E-state index in [2.05, 4.69) is 57.8 Å². The van der Waals surface area contributed by atoms with Crippen molar-refractivity contribution in [3.63, 3.8) is 0 Å². The Kier molecular flexibility index (Phi) is 14.9. The molecule has 3 aliphatic heterocycles. The number of carbonyl (C=O) groups is 4. The smallest absolute Gasteiger partial charge is 0.335 e. The highest BCUT2D eigenvalue weighted by atomic mass is 16.8. The SMILES string of the molecule is CC1(C)[C@@H](O[C@H]2O[C@H](C(=O)O)[C@@H](O)[C@H](O)[C@H]2O[C@@H]2O[C@H](C(=O)O)[C@@H](O)[C@H](O)[C@H]2O)CC[C@]2(C)[C@H]3C(=O)C=C4[C@@H]5C[C@@](C)(C(=O)O)CC[C@]5(C)CC[C@@]4(C)[C@]3(C)CC[C@@H]12.COc1ccc2c(c1)[C@]13CCCC[C@@H]1[C@H](C2)N(C)CC3. The van der Waals surface area contributed by atoms with E-state index in [1.54, 1.807) is 18.2 Å². The number of allylic oxidation sites excluding steroid dienone is 2. The van der Waals surface area contributed by atoms with Crippen LogP contribution in [-0.2, 0) is 50.0 Å². The van der Waals surface area contributed by atoms with Gasteiger partial charge in [-0.2, -0.15) is 0 Å². The zero-order chi connectivity index (χ0) is 56.6. The lowest BCUT2D eigenvalue weighted by Crippen LogP contribution is -2.68. The Morgan fingerprint density at radius 2 is 1.38 bits per heavy atom. The van der Waals surface area contributed by atoms with E-state index in [0.29, 0.717) is 31.1 Å². The second-order valence-electron chi connectivity index (χ2n) is 27.7.